The van der Waals surface area contributed by atoms with Gasteiger partial charge in [-0.15, -0.1) is 0 Å². The van der Waals surface area contributed by atoms with Gasteiger partial charge in [0.05, 0.1) is 51.6 Å². The van der Waals surface area contributed by atoms with Crippen molar-refractivity contribution in [3.8, 4) is 0 Å². The Kier molecular flexibility index (Phi) is 8.84. The second-order valence-electron chi connectivity index (χ2n) is 5.39. The Morgan fingerprint density at radius 3 is 2.12 bits per heavy atom. The van der Waals surface area contributed by atoms with Crippen LogP contribution in [0.25, 0.3) is 0 Å². The van der Waals surface area contributed by atoms with E-state index in [2.05, 4.69) is 5.32 Å². The van der Waals surface area contributed by atoms with Gasteiger partial charge < -0.3 is 33.7 Å². The van der Waals surface area contributed by atoms with E-state index >= 15 is 0 Å². The smallest absolute Gasteiger partial charge is 0.339 e. The molecule has 0 aromatic heterocycles. The summed E-state index contributed by atoms with van der Waals surface area (Å²) < 4.78 is 32.0. The van der Waals surface area contributed by atoms with Crippen LogP contribution in [0.5, 0.6) is 0 Å². The quantitative estimate of drug-likeness (QED) is 0.338. The van der Waals surface area contributed by atoms with Crippen LogP contribution in [-0.4, -0.2) is 71.6 Å². The van der Waals surface area contributed by atoms with Crippen LogP contribution in [0.2, 0.25) is 0 Å². The lowest BCUT2D eigenvalue weighted by Crippen LogP contribution is -2.52. The van der Waals surface area contributed by atoms with Crippen molar-refractivity contribution >= 4 is 11.9 Å². The van der Waals surface area contributed by atoms with Gasteiger partial charge in [-0.3, -0.25) is 4.79 Å². The van der Waals surface area contributed by atoms with E-state index in [0.29, 0.717) is 13.2 Å². The van der Waals surface area contributed by atoms with Gasteiger partial charge in [0.1, 0.15) is 5.76 Å². The number of carbonyl (C=O) groups is 2. The Labute approximate surface area is 147 Å². The van der Waals surface area contributed by atoms with Crippen molar-refractivity contribution in [3.63, 3.8) is 0 Å². The Hall–Kier alpha value is -1.68. The molecular weight excluding hydrogens is 334 g/mol. The van der Waals surface area contributed by atoms with Crippen LogP contribution in [0.3, 0.4) is 0 Å². The number of hydrogen-bond acceptors (Lipinski definition) is 8. The molecule has 0 aliphatic carbocycles. The molecule has 0 bridgehead atoms. The van der Waals surface area contributed by atoms with Crippen LogP contribution >= 0.6 is 0 Å². The monoisotopic (exact) mass is 361 g/mol. The van der Waals surface area contributed by atoms with E-state index in [4.69, 9.17) is 28.4 Å². The zero-order chi connectivity index (χ0) is 18.9. The fourth-order valence-electron chi connectivity index (χ4n) is 2.47. The van der Waals surface area contributed by atoms with Gasteiger partial charge in [0.2, 0.25) is 5.91 Å². The first-order valence-corrected chi connectivity index (χ1v) is 7.90. The summed E-state index contributed by atoms with van der Waals surface area (Å²) in [6.07, 6.45) is 0.0712. The number of hydrogen-bond donors (Lipinski definition) is 1. The number of allylic oxidation sites excluding steroid dienone is 1. The van der Waals surface area contributed by atoms with E-state index < -0.39 is 18.0 Å². The molecule has 0 aromatic carbocycles. The van der Waals surface area contributed by atoms with Crippen molar-refractivity contribution in [2.45, 2.75) is 32.3 Å². The molecule has 1 aliphatic rings. The van der Waals surface area contributed by atoms with Crippen molar-refractivity contribution in [2.24, 2.45) is 0 Å². The highest BCUT2D eigenvalue weighted by Crippen LogP contribution is 2.34. The lowest BCUT2D eigenvalue weighted by Gasteiger charge is -2.40. The summed E-state index contributed by atoms with van der Waals surface area (Å²) in [5, 5.41) is 2.71. The maximum absolute atomic E-state index is 12.1. The van der Waals surface area contributed by atoms with Gasteiger partial charge in [0.25, 0.3) is 0 Å². The number of methoxy groups -OCH3 is 3. The van der Waals surface area contributed by atoms with Crippen molar-refractivity contribution in [3.05, 3.63) is 11.3 Å². The summed E-state index contributed by atoms with van der Waals surface area (Å²) in [5.74, 6) is -2.10. The summed E-state index contributed by atoms with van der Waals surface area (Å²) in [4.78, 5) is 23.6. The average molecular weight is 361 g/mol. The van der Waals surface area contributed by atoms with Gasteiger partial charge in [-0.05, 0) is 6.92 Å². The number of rotatable bonds is 10. The van der Waals surface area contributed by atoms with E-state index in [1.54, 1.807) is 21.1 Å². The third-order valence-electron chi connectivity index (χ3n) is 3.49. The van der Waals surface area contributed by atoms with Crippen LogP contribution in [0, 0.1) is 0 Å². The Morgan fingerprint density at radius 1 is 1.12 bits per heavy atom. The molecule has 0 saturated carbocycles. The Morgan fingerprint density at radius 2 is 1.68 bits per heavy atom. The third kappa shape index (κ3) is 6.28. The second kappa shape index (κ2) is 10.3. The highest BCUT2D eigenvalue weighted by Gasteiger charge is 2.46. The number of nitrogens with one attached hydrogen (secondary N) is 1. The molecular formula is C16H27NO8. The number of esters is 1. The van der Waals surface area contributed by atoms with E-state index in [9.17, 15) is 9.59 Å². The van der Waals surface area contributed by atoms with E-state index in [1.165, 1.54) is 14.0 Å². The molecule has 9 nitrogen and oxygen atoms in total. The molecule has 1 heterocycles. The second-order valence-corrected chi connectivity index (χ2v) is 5.39. The standard InChI is InChI=1S/C16H27NO8/c1-11-14(15(19)22-5)13(17-12(2)18)10-16(25-11,23-8-6-20-3)24-9-7-21-4/h13H,6-10H2,1-5H3,(H,17,18). The average Bonchev–Trinajstić information content (AvgIpc) is 2.54. The maximum Gasteiger partial charge on any atom is 0.339 e. The van der Waals surface area contributed by atoms with Gasteiger partial charge in [-0.2, -0.15) is 0 Å². The lowest BCUT2D eigenvalue weighted by molar-refractivity contribution is -0.377. The minimum Gasteiger partial charge on any atom is -0.466 e. The SMILES string of the molecule is COCCOC1(OCCOC)CC(NC(C)=O)C(C(=O)OC)=C(C)O1. The highest BCUT2D eigenvalue weighted by molar-refractivity contribution is 5.91. The first kappa shape index (κ1) is 21.4. The molecule has 1 amide bonds. The molecule has 0 saturated heterocycles. The van der Waals surface area contributed by atoms with Gasteiger partial charge in [-0.25, -0.2) is 4.79 Å². The molecule has 0 radical (unpaired) electrons. The van der Waals surface area contributed by atoms with E-state index in [-0.39, 0.29) is 36.9 Å². The molecule has 9 heteroatoms. The van der Waals surface area contributed by atoms with Gasteiger partial charge in [-0.1, -0.05) is 0 Å². The molecule has 1 rings (SSSR count). The normalized spacial score (nSPS) is 19.3. The van der Waals surface area contributed by atoms with Crippen molar-refractivity contribution < 1.29 is 38.0 Å². The summed E-state index contributed by atoms with van der Waals surface area (Å²) in [6, 6.07) is -0.677. The molecule has 1 N–H and O–H groups in total. The van der Waals surface area contributed by atoms with Gasteiger partial charge >= 0.3 is 11.9 Å². The summed E-state index contributed by atoms with van der Waals surface area (Å²) in [5.41, 5.74) is 0.221. The molecule has 0 aromatic rings. The van der Waals surface area contributed by atoms with Gasteiger partial charge in [0.15, 0.2) is 0 Å². The number of ether oxygens (including phenoxy) is 6. The van der Waals surface area contributed by atoms with Crippen LogP contribution in [0.4, 0.5) is 0 Å². The largest absolute Gasteiger partial charge is 0.466 e. The fourth-order valence-corrected chi connectivity index (χ4v) is 2.47. The maximum atomic E-state index is 12.1. The minimum absolute atomic E-state index is 0.0712. The lowest BCUT2D eigenvalue weighted by atomic mass is 9.98. The molecule has 144 valence electrons. The topological polar surface area (TPSA) is 102 Å². The van der Waals surface area contributed by atoms with Crippen LogP contribution in [-0.2, 0) is 38.0 Å². The van der Waals surface area contributed by atoms with E-state index in [1.807, 2.05) is 0 Å². The van der Waals surface area contributed by atoms with Crippen LogP contribution in [0.1, 0.15) is 20.3 Å². The zero-order valence-electron chi connectivity index (χ0n) is 15.4. The molecule has 1 unspecified atom stereocenters. The molecule has 25 heavy (non-hydrogen) atoms. The van der Waals surface area contributed by atoms with Crippen LogP contribution in [0.15, 0.2) is 11.3 Å². The highest BCUT2D eigenvalue weighted by atomic mass is 16.9. The first-order chi connectivity index (χ1) is 11.9. The summed E-state index contributed by atoms with van der Waals surface area (Å²) in [6.45, 7) is 4.02. The zero-order valence-corrected chi connectivity index (χ0v) is 15.4. The van der Waals surface area contributed by atoms with Crippen LogP contribution < -0.4 is 5.32 Å². The number of amides is 1. The Balaban J connectivity index is 3.09. The first-order valence-electron chi connectivity index (χ1n) is 7.90. The molecule has 0 spiro atoms. The van der Waals surface area contributed by atoms with Crippen molar-refractivity contribution in [1.82, 2.24) is 5.32 Å². The Bertz CT molecular complexity index is 481. The molecule has 1 atom stereocenters. The fraction of sp³-hybridized carbons (Fsp3) is 0.750. The van der Waals surface area contributed by atoms with Crippen molar-refractivity contribution in [2.75, 3.05) is 47.8 Å². The predicted molar refractivity (Wildman–Crippen MR) is 86.4 cm³/mol. The minimum atomic E-state index is -1.47. The van der Waals surface area contributed by atoms with Gasteiger partial charge in [0, 0.05) is 21.1 Å². The van der Waals surface area contributed by atoms with E-state index in [0.717, 1.165) is 0 Å². The van der Waals surface area contributed by atoms with Crippen molar-refractivity contribution in [1.29, 1.82) is 0 Å². The number of carbonyl (C=O) groups excluding carboxylic acids is 2. The third-order valence-corrected chi connectivity index (χ3v) is 3.49. The molecule has 1 aliphatic heterocycles. The summed E-state index contributed by atoms with van der Waals surface area (Å²) >= 11 is 0. The molecule has 0 fully saturated rings. The summed E-state index contributed by atoms with van der Waals surface area (Å²) in [7, 11) is 4.35. The predicted octanol–water partition coefficient (Wildman–Crippen LogP) is 0.338.